The molecule has 1 fully saturated rings. The molecular weight excluding hydrogens is 366 g/mol. The lowest BCUT2D eigenvalue weighted by Gasteiger charge is -2.44. The number of benzene rings is 1. The molecule has 12 heteroatoms. The van der Waals surface area contributed by atoms with E-state index >= 15 is 0 Å². The topological polar surface area (TPSA) is 177 Å². The van der Waals surface area contributed by atoms with Gasteiger partial charge in [-0.25, -0.2) is 0 Å². The lowest BCUT2D eigenvalue weighted by molar-refractivity contribution is -0.393. The number of methoxy groups -OCH3 is 1. The number of anilines is 1. The van der Waals surface area contributed by atoms with E-state index in [4.69, 9.17) is 9.47 Å². The Balaban J connectivity index is 2.10. The predicted octanol–water partition coefficient (Wildman–Crippen LogP) is 0.151. The first-order valence-corrected chi connectivity index (χ1v) is 8.08. The number of aliphatic hydroxyl groups is 3. The lowest BCUT2D eigenvalue weighted by Crippen LogP contribution is -2.59. The van der Waals surface area contributed by atoms with Gasteiger partial charge in [0.15, 0.2) is 6.29 Å². The van der Waals surface area contributed by atoms with Gasteiger partial charge in [-0.05, 0) is 12.5 Å². The summed E-state index contributed by atoms with van der Waals surface area (Å²) in [7, 11) is 1.36. The van der Waals surface area contributed by atoms with Gasteiger partial charge in [-0.1, -0.05) is 0 Å². The molecule has 1 saturated heterocycles. The Morgan fingerprint density at radius 2 is 2.07 bits per heavy atom. The summed E-state index contributed by atoms with van der Waals surface area (Å²) in [4.78, 5) is 20.4. The van der Waals surface area contributed by atoms with E-state index in [-0.39, 0.29) is 25.1 Å². The number of nitrogens with one attached hydrogen (secondary N) is 1. The van der Waals surface area contributed by atoms with E-state index in [1.54, 1.807) is 0 Å². The van der Waals surface area contributed by atoms with Crippen LogP contribution < -0.4 is 5.32 Å². The Bertz CT molecular complexity index is 701. The number of nitro groups is 2. The largest absolute Gasteiger partial charge is 0.394 e. The van der Waals surface area contributed by atoms with E-state index < -0.39 is 51.9 Å². The molecular formula is C15H21N3O9. The van der Waals surface area contributed by atoms with Crippen LogP contribution in [0.4, 0.5) is 17.1 Å². The molecule has 0 unspecified atom stereocenters. The number of ether oxygens (including phenoxy) is 2. The van der Waals surface area contributed by atoms with Crippen LogP contribution in [0.5, 0.6) is 0 Å². The second-order valence-corrected chi connectivity index (χ2v) is 6.17. The zero-order valence-corrected chi connectivity index (χ0v) is 14.5. The van der Waals surface area contributed by atoms with Gasteiger partial charge < -0.3 is 30.1 Å². The van der Waals surface area contributed by atoms with Crippen molar-refractivity contribution >= 4 is 17.1 Å². The third-order valence-corrected chi connectivity index (χ3v) is 4.45. The minimum atomic E-state index is -1.66. The molecule has 1 aliphatic heterocycles. The molecule has 150 valence electrons. The third kappa shape index (κ3) is 4.67. The number of rotatable bonds is 8. The third-order valence-electron chi connectivity index (χ3n) is 4.45. The predicted molar refractivity (Wildman–Crippen MR) is 91.2 cm³/mol. The number of aliphatic hydroxyl groups excluding tert-OH is 2. The first kappa shape index (κ1) is 20.9. The van der Waals surface area contributed by atoms with E-state index in [9.17, 15) is 35.5 Å². The van der Waals surface area contributed by atoms with Crippen molar-refractivity contribution in [3.05, 3.63) is 38.4 Å². The molecule has 1 aliphatic rings. The highest BCUT2D eigenvalue weighted by atomic mass is 16.7. The van der Waals surface area contributed by atoms with Gasteiger partial charge in [0.25, 0.3) is 11.4 Å². The quantitative estimate of drug-likeness (QED) is 0.354. The number of nitro benzene ring substituents is 2. The van der Waals surface area contributed by atoms with Crippen molar-refractivity contribution in [3.8, 4) is 0 Å². The molecule has 0 radical (unpaired) electrons. The highest BCUT2D eigenvalue weighted by molar-refractivity contribution is 5.65. The average molecular weight is 387 g/mol. The van der Waals surface area contributed by atoms with Crippen LogP contribution in [-0.4, -0.2) is 69.5 Å². The van der Waals surface area contributed by atoms with Gasteiger partial charge in [-0.2, -0.15) is 0 Å². The Hall–Kier alpha value is -2.38. The van der Waals surface area contributed by atoms with E-state index in [2.05, 4.69) is 5.32 Å². The minimum absolute atomic E-state index is 0.0147. The summed E-state index contributed by atoms with van der Waals surface area (Å²) in [6, 6.07) is 3.16. The minimum Gasteiger partial charge on any atom is -0.394 e. The van der Waals surface area contributed by atoms with Crippen LogP contribution in [0, 0.1) is 20.2 Å². The SMILES string of the molecule is CO[C@@H]1C[C@](O)(CCNc2ccc([N+](=O)[O-])cc2[N+](=O)[O-])[C@H](O)[C@@H](CO)O1. The molecule has 1 aromatic rings. The van der Waals surface area contributed by atoms with Gasteiger partial charge in [0.05, 0.1) is 28.1 Å². The van der Waals surface area contributed by atoms with E-state index in [1.165, 1.54) is 13.2 Å². The van der Waals surface area contributed by atoms with Crippen molar-refractivity contribution in [2.45, 2.75) is 36.9 Å². The molecule has 1 heterocycles. The van der Waals surface area contributed by atoms with Gasteiger partial charge in [-0.3, -0.25) is 20.2 Å². The molecule has 0 aliphatic carbocycles. The number of non-ortho nitro benzene ring substituents is 1. The maximum Gasteiger partial charge on any atom is 0.299 e. The Kier molecular flexibility index (Phi) is 6.62. The summed E-state index contributed by atoms with van der Waals surface area (Å²) in [5, 5.41) is 54.9. The molecule has 4 atom stereocenters. The molecule has 2 rings (SSSR count). The molecule has 0 aromatic heterocycles. The molecule has 0 bridgehead atoms. The van der Waals surface area contributed by atoms with E-state index in [1.807, 2.05) is 0 Å². The van der Waals surface area contributed by atoms with Crippen LogP contribution in [0.1, 0.15) is 12.8 Å². The summed E-state index contributed by atoms with van der Waals surface area (Å²) >= 11 is 0. The fourth-order valence-corrected chi connectivity index (χ4v) is 2.95. The van der Waals surface area contributed by atoms with Crippen LogP contribution in [0.2, 0.25) is 0 Å². The van der Waals surface area contributed by atoms with Gasteiger partial charge >= 0.3 is 0 Å². The Labute approximate surface area is 153 Å². The van der Waals surface area contributed by atoms with Gasteiger partial charge in [-0.15, -0.1) is 0 Å². The monoisotopic (exact) mass is 387 g/mol. The molecule has 0 spiro atoms. The maximum atomic E-state index is 11.1. The lowest BCUT2D eigenvalue weighted by atomic mass is 9.83. The van der Waals surface area contributed by atoms with Crippen LogP contribution in [0.3, 0.4) is 0 Å². The van der Waals surface area contributed by atoms with Crippen LogP contribution >= 0.6 is 0 Å². The maximum absolute atomic E-state index is 11.1. The number of hydrogen-bond acceptors (Lipinski definition) is 10. The first-order chi connectivity index (χ1) is 12.7. The zero-order chi connectivity index (χ0) is 20.2. The molecule has 1 aromatic carbocycles. The van der Waals surface area contributed by atoms with Crippen LogP contribution in [0.15, 0.2) is 18.2 Å². The molecule has 4 N–H and O–H groups in total. The first-order valence-electron chi connectivity index (χ1n) is 8.08. The smallest absolute Gasteiger partial charge is 0.299 e. The summed E-state index contributed by atoms with van der Waals surface area (Å²) in [5.41, 5.74) is -2.52. The van der Waals surface area contributed by atoms with Crippen LogP contribution in [-0.2, 0) is 9.47 Å². The van der Waals surface area contributed by atoms with Gasteiger partial charge in [0, 0.05) is 26.1 Å². The normalized spacial score (nSPS) is 27.9. The van der Waals surface area contributed by atoms with E-state index in [0.717, 1.165) is 12.1 Å². The molecule has 12 nitrogen and oxygen atoms in total. The standard InChI is InChI=1S/C15H21N3O9/c1-26-13-7-15(21,14(20)12(8-19)27-13)4-5-16-10-3-2-9(17(22)23)6-11(10)18(24)25/h2-3,6,12-14,16,19-21H,4-5,7-8H2,1H3/t12-,13+,14-,15-/m1/s1. The van der Waals surface area contributed by atoms with Gasteiger partial charge in [0.1, 0.15) is 17.9 Å². The molecule has 0 amide bonds. The van der Waals surface area contributed by atoms with Crippen molar-refractivity contribution in [1.82, 2.24) is 0 Å². The number of hydrogen-bond donors (Lipinski definition) is 4. The summed E-state index contributed by atoms with van der Waals surface area (Å²) in [6.07, 6.45) is -3.36. The fraction of sp³-hybridized carbons (Fsp3) is 0.600. The Morgan fingerprint density at radius 3 is 2.63 bits per heavy atom. The second-order valence-electron chi connectivity index (χ2n) is 6.17. The molecule has 27 heavy (non-hydrogen) atoms. The molecule has 0 saturated carbocycles. The zero-order valence-electron chi connectivity index (χ0n) is 14.5. The van der Waals surface area contributed by atoms with Crippen molar-refractivity contribution in [3.63, 3.8) is 0 Å². The van der Waals surface area contributed by atoms with Crippen LogP contribution in [0.25, 0.3) is 0 Å². The summed E-state index contributed by atoms with van der Waals surface area (Å²) < 4.78 is 10.3. The fourth-order valence-electron chi connectivity index (χ4n) is 2.95. The van der Waals surface area contributed by atoms with Crippen molar-refractivity contribution in [1.29, 1.82) is 0 Å². The average Bonchev–Trinajstić information content (AvgIpc) is 2.63. The highest BCUT2D eigenvalue weighted by Crippen LogP contribution is 2.33. The van der Waals surface area contributed by atoms with Crippen molar-refractivity contribution < 1.29 is 34.6 Å². The number of nitrogens with zero attached hydrogens (tertiary/aromatic N) is 2. The van der Waals surface area contributed by atoms with Crippen molar-refractivity contribution in [2.24, 2.45) is 0 Å². The second kappa shape index (κ2) is 8.54. The highest BCUT2D eigenvalue weighted by Gasteiger charge is 2.47. The summed E-state index contributed by atoms with van der Waals surface area (Å²) in [5.74, 6) is 0. The summed E-state index contributed by atoms with van der Waals surface area (Å²) in [6.45, 7) is -0.509. The van der Waals surface area contributed by atoms with Crippen molar-refractivity contribution in [2.75, 3.05) is 25.6 Å². The van der Waals surface area contributed by atoms with Gasteiger partial charge in [0.2, 0.25) is 0 Å². The Morgan fingerprint density at radius 1 is 1.37 bits per heavy atom. The van der Waals surface area contributed by atoms with E-state index in [0.29, 0.717) is 0 Å².